The smallest absolute Gasteiger partial charge is 0.681 e. The molecule has 0 N–H and O–H groups in total. The average molecular weight is 472 g/mol. The van der Waals surface area contributed by atoms with Crippen LogP contribution in [0.2, 0.25) is 0 Å². The Balaban J connectivity index is -0.0000000975. The summed E-state index contributed by atoms with van der Waals surface area (Å²) in [6, 6.07) is 0. The molecule has 0 radical (unpaired) electrons. The molecule has 0 amide bonds. The SMILES string of the molecule is CCC([N-]C)[N-]C(C)(C)CC.CCC([N-]C)[N-]C(C)(C)CC.[CH-]=O.[CH-]=O.[Ru+6]. The molecular formula is C20H42N4O2Ru. The first-order valence-corrected chi connectivity index (χ1v) is 9.20. The molecule has 7 heteroatoms. The Labute approximate surface area is 182 Å². The minimum atomic E-state index is 0. The molecule has 0 rings (SSSR count). The Morgan fingerprint density at radius 2 is 0.889 bits per heavy atom. The molecular weight excluding hydrogens is 429 g/mol. The Bertz CT molecular complexity index is 257. The van der Waals surface area contributed by atoms with Crippen molar-refractivity contribution in [2.24, 2.45) is 0 Å². The molecule has 0 aromatic rings. The van der Waals surface area contributed by atoms with E-state index < -0.39 is 0 Å². The van der Waals surface area contributed by atoms with Gasteiger partial charge in [0.25, 0.3) is 0 Å². The summed E-state index contributed by atoms with van der Waals surface area (Å²) in [6.07, 6.45) is 4.59. The largest absolute Gasteiger partial charge is 6.00 e. The third-order valence-corrected chi connectivity index (χ3v) is 4.05. The molecule has 0 aromatic carbocycles. The van der Waals surface area contributed by atoms with Gasteiger partial charge in [-0.1, -0.05) is 81.1 Å². The van der Waals surface area contributed by atoms with E-state index in [4.69, 9.17) is 9.59 Å². The first-order chi connectivity index (χ1) is 12.1. The summed E-state index contributed by atoms with van der Waals surface area (Å²) in [7, 11) is 3.67. The summed E-state index contributed by atoms with van der Waals surface area (Å²) < 4.78 is 0. The van der Waals surface area contributed by atoms with Crippen LogP contribution in [0.1, 0.15) is 81.1 Å². The Kier molecular flexibility index (Phi) is 33.1. The Morgan fingerprint density at radius 1 is 0.667 bits per heavy atom. The molecule has 162 valence electrons. The van der Waals surface area contributed by atoms with Gasteiger partial charge in [0.1, 0.15) is 0 Å². The molecule has 0 saturated carbocycles. The molecule has 0 spiro atoms. The van der Waals surface area contributed by atoms with Gasteiger partial charge in [0.2, 0.25) is 0 Å². The molecule has 0 aliphatic rings. The van der Waals surface area contributed by atoms with Crippen LogP contribution in [0, 0.1) is 0 Å². The van der Waals surface area contributed by atoms with Crippen molar-refractivity contribution in [3.8, 4) is 0 Å². The van der Waals surface area contributed by atoms with E-state index in [0.29, 0.717) is 0 Å². The van der Waals surface area contributed by atoms with Gasteiger partial charge in [-0.2, -0.15) is 14.1 Å². The van der Waals surface area contributed by atoms with Crippen LogP contribution in [-0.4, -0.2) is 51.1 Å². The fourth-order valence-electron chi connectivity index (χ4n) is 1.65. The van der Waals surface area contributed by atoms with E-state index >= 15 is 0 Å². The maximum absolute atomic E-state index is 7.75. The van der Waals surface area contributed by atoms with Gasteiger partial charge in [0.15, 0.2) is 0 Å². The summed E-state index contributed by atoms with van der Waals surface area (Å²) in [5, 5.41) is 17.5. The number of carbonyl (C=O) groups excluding carboxylic acids is 2. The van der Waals surface area contributed by atoms with Crippen molar-refractivity contribution in [3.05, 3.63) is 21.3 Å². The minimum Gasteiger partial charge on any atom is -0.681 e. The van der Waals surface area contributed by atoms with Gasteiger partial charge >= 0.3 is 19.5 Å². The third kappa shape index (κ3) is 25.8. The van der Waals surface area contributed by atoms with Crippen LogP contribution >= 0.6 is 0 Å². The summed E-state index contributed by atoms with van der Waals surface area (Å²) in [5.41, 5.74) is 0.195. The topological polar surface area (TPSA) is 90.5 Å². The molecule has 6 nitrogen and oxygen atoms in total. The van der Waals surface area contributed by atoms with E-state index in [1.807, 2.05) is 14.1 Å². The first kappa shape index (κ1) is 37.5. The number of hydrogen-bond acceptors (Lipinski definition) is 2. The summed E-state index contributed by atoms with van der Waals surface area (Å²) in [5.74, 6) is 0. The number of nitrogens with zero attached hydrogens (tertiary/aromatic N) is 4. The third-order valence-electron chi connectivity index (χ3n) is 4.05. The van der Waals surface area contributed by atoms with Gasteiger partial charge in [-0.15, -0.1) is 11.1 Å². The maximum Gasteiger partial charge on any atom is 6.00 e. The summed E-state index contributed by atoms with van der Waals surface area (Å²) in [6.45, 7) is 23.7. The predicted octanol–water partition coefficient (Wildman–Crippen LogP) is 6.03. The van der Waals surface area contributed by atoms with E-state index in [1.54, 1.807) is 0 Å². The van der Waals surface area contributed by atoms with Crippen LogP contribution in [0.3, 0.4) is 0 Å². The van der Waals surface area contributed by atoms with Crippen molar-refractivity contribution in [2.75, 3.05) is 14.1 Å². The molecule has 2 unspecified atom stereocenters. The quantitative estimate of drug-likeness (QED) is 0.221. The average Bonchev–Trinajstić information content (AvgIpc) is 2.67. The van der Waals surface area contributed by atoms with Crippen LogP contribution in [-0.2, 0) is 29.1 Å². The van der Waals surface area contributed by atoms with Gasteiger partial charge < -0.3 is 30.9 Å². The molecule has 0 aromatic heterocycles. The van der Waals surface area contributed by atoms with Crippen LogP contribution in [0.15, 0.2) is 0 Å². The second-order valence-corrected chi connectivity index (χ2v) is 6.88. The second-order valence-electron chi connectivity index (χ2n) is 6.88. The van der Waals surface area contributed by atoms with E-state index in [1.165, 1.54) is 0 Å². The van der Waals surface area contributed by atoms with E-state index in [2.05, 4.69) is 90.2 Å². The summed E-state index contributed by atoms with van der Waals surface area (Å²) >= 11 is 0. The minimum absolute atomic E-state index is 0. The molecule has 0 heterocycles. The molecule has 0 bridgehead atoms. The standard InChI is InChI=1S/2C9H20N2.2CHO.Ru/c2*1-6-8(10-5)11-9(3,4)7-2;2*1-2;/h2*8H,6-7H2,1-5H3;2*1H;/q2*-2;2*-1;+6. The van der Waals surface area contributed by atoms with Crippen molar-refractivity contribution >= 4 is 13.6 Å². The predicted molar refractivity (Wildman–Crippen MR) is 116 cm³/mol. The van der Waals surface area contributed by atoms with Crippen LogP contribution in [0.5, 0.6) is 0 Å². The molecule has 0 aliphatic heterocycles. The number of rotatable bonds is 10. The molecule has 0 saturated heterocycles. The van der Waals surface area contributed by atoms with E-state index in [9.17, 15) is 0 Å². The Morgan fingerprint density at radius 3 is 1.00 bits per heavy atom. The van der Waals surface area contributed by atoms with E-state index in [-0.39, 0.29) is 42.9 Å². The fraction of sp³-hybridized carbons (Fsp3) is 0.900. The van der Waals surface area contributed by atoms with Gasteiger partial charge in [-0.3, -0.25) is 13.6 Å². The Hall–Kier alpha value is -0.197. The van der Waals surface area contributed by atoms with Crippen molar-refractivity contribution in [3.63, 3.8) is 0 Å². The van der Waals surface area contributed by atoms with Crippen molar-refractivity contribution in [1.29, 1.82) is 0 Å². The van der Waals surface area contributed by atoms with Gasteiger partial charge in [0.05, 0.1) is 0 Å². The van der Waals surface area contributed by atoms with Crippen molar-refractivity contribution < 1.29 is 29.1 Å². The molecule has 2 atom stereocenters. The zero-order chi connectivity index (χ0) is 21.8. The molecule has 0 aliphatic carbocycles. The summed E-state index contributed by atoms with van der Waals surface area (Å²) in [4.78, 5) is 15.5. The van der Waals surface area contributed by atoms with Crippen LogP contribution in [0.4, 0.5) is 0 Å². The van der Waals surface area contributed by atoms with Crippen molar-refractivity contribution in [1.82, 2.24) is 0 Å². The van der Waals surface area contributed by atoms with Gasteiger partial charge in [-0.25, -0.2) is 12.3 Å². The van der Waals surface area contributed by atoms with Gasteiger partial charge in [0, 0.05) is 0 Å². The van der Waals surface area contributed by atoms with E-state index in [0.717, 1.165) is 25.7 Å². The zero-order valence-electron chi connectivity index (χ0n) is 19.1. The van der Waals surface area contributed by atoms with Crippen LogP contribution in [0.25, 0.3) is 21.3 Å². The molecule has 0 fully saturated rings. The monoisotopic (exact) mass is 472 g/mol. The van der Waals surface area contributed by atoms with Gasteiger partial charge in [-0.05, 0) is 0 Å². The molecule has 27 heavy (non-hydrogen) atoms. The number of hydrogen-bond donors (Lipinski definition) is 0. The van der Waals surface area contributed by atoms with Crippen LogP contribution < -0.4 is 0 Å². The fourth-order valence-corrected chi connectivity index (χ4v) is 1.65. The zero-order valence-corrected chi connectivity index (χ0v) is 20.8. The maximum atomic E-state index is 7.75. The second kappa shape index (κ2) is 23.8. The van der Waals surface area contributed by atoms with Crippen molar-refractivity contribution in [2.45, 2.75) is 104 Å². The first-order valence-electron chi connectivity index (χ1n) is 9.20. The normalized spacial score (nSPS) is 12.5.